The molecule has 1 saturated carbocycles. The van der Waals surface area contributed by atoms with Crippen molar-refractivity contribution in [3.63, 3.8) is 0 Å². The van der Waals surface area contributed by atoms with Gasteiger partial charge in [0.05, 0.1) is 5.56 Å². The number of benzene rings is 2. The Kier molecular flexibility index (Phi) is 6.36. The van der Waals surface area contributed by atoms with Gasteiger partial charge in [-0.15, -0.1) is 11.8 Å². The summed E-state index contributed by atoms with van der Waals surface area (Å²) in [5.74, 6) is 0.965. The minimum atomic E-state index is 0.0815. The highest BCUT2D eigenvalue weighted by molar-refractivity contribution is 7.98. The van der Waals surface area contributed by atoms with Gasteiger partial charge in [0.15, 0.2) is 0 Å². The first kappa shape index (κ1) is 17.1. The van der Waals surface area contributed by atoms with Crippen molar-refractivity contribution >= 4 is 17.7 Å². The standard InChI is InChI=1S/C21H25NOS/c23-21(22-18-12-6-1-2-7-13-18)19-14-8-9-15-20(19)24-16-17-10-4-3-5-11-17/h3-5,8-11,14-15,18H,1-2,6-7,12-13,16H2,(H,22,23). The van der Waals surface area contributed by atoms with Gasteiger partial charge in [0.1, 0.15) is 0 Å². The number of carbonyl (C=O) groups excluding carboxylic acids is 1. The molecule has 3 rings (SSSR count). The van der Waals surface area contributed by atoms with Crippen molar-refractivity contribution in [2.24, 2.45) is 0 Å². The van der Waals surface area contributed by atoms with Crippen LogP contribution < -0.4 is 5.32 Å². The van der Waals surface area contributed by atoms with Crippen LogP contribution in [0.15, 0.2) is 59.5 Å². The number of amides is 1. The largest absolute Gasteiger partial charge is 0.349 e. The summed E-state index contributed by atoms with van der Waals surface area (Å²) in [6.45, 7) is 0. The fraction of sp³-hybridized carbons (Fsp3) is 0.381. The van der Waals surface area contributed by atoms with Crippen LogP contribution in [-0.4, -0.2) is 11.9 Å². The Morgan fingerprint density at radius 1 is 0.917 bits per heavy atom. The van der Waals surface area contributed by atoms with Gasteiger partial charge in [-0.3, -0.25) is 4.79 Å². The van der Waals surface area contributed by atoms with Crippen LogP contribution in [0, 0.1) is 0 Å². The summed E-state index contributed by atoms with van der Waals surface area (Å²) in [6.07, 6.45) is 7.30. The second kappa shape index (κ2) is 8.93. The summed E-state index contributed by atoms with van der Waals surface area (Å²) >= 11 is 1.73. The Hall–Kier alpha value is -1.74. The predicted molar refractivity (Wildman–Crippen MR) is 101 cm³/mol. The lowest BCUT2D eigenvalue weighted by Crippen LogP contribution is -2.34. The number of thioether (sulfide) groups is 1. The van der Waals surface area contributed by atoms with Crippen molar-refractivity contribution in [1.29, 1.82) is 0 Å². The van der Waals surface area contributed by atoms with Gasteiger partial charge in [-0.1, -0.05) is 68.1 Å². The first-order chi connectivity index (χ1) is 11.8. The van der Waals surface area contributed by atoms with Crippen LogP contribution in [0.4, 0.5) is 0 Å². The zero-order chi connectivity index (χ0) is 16.6. The van der Waals surface area contributed by atoms with Crippen molar-refractivity contribution in [2.75, 3.05) is 0 Å². The zero-order valence-corrected chi connectivity index (χ0v) is 14.9. The van der Waals surface area contributed by atoms with E-state index in [9.17, 15) is 4.79 Å². The molecule has 0 unspecified atom stereocenters. The molecule has 1 aliphatic rings. The molecule has 0 aromatic heterocycles. The highest BCUT2D eigenvalue weighted by atomic mass is 32.2. The molecule has 0 heterocycles. The maximum absolute atomic E-state index is 12.7. The lowest BCUT2D eigenvalue weighted by molar-refractivity contribution is 0.0930. The molecule has 1 aliphatic carbocycles. The van der Waals surface area contributed by atoms with Crippen LogP contribution in [0.1, 0.15) is 54.4 Å². The van der Waals surface area contributed by atoms with Crippen LogP contribution in [0.3, 0.4) is 0 Å². The molecule has 3 heteroatoms. The fourth-order valence-electron chi connectivity index (χ4n) is 3.20. The maximum atomic E-state index is 12.7. The molecule has 0 atom stereocenters. The predicted octanol–water partition coefficient (Wildman–Crippen LogP) is 5.43. The van der Waals surface area contributed by atoms with Crippen LogP contribution >= 0.6 is 11.8 Å². The van der Waals surface area contributed by atoms with E-state index in [1.807, 2.05) is 24.3 Å². The van der Waals surface area contributed by atoms with Crippen LogP contribution in [0.5, 0.6) is 0 Å². The molecule has 0 spiro atoms. The first-order valence-corrected chi connectivity index (χ1v) is 9.88. The van der Waals surface area contributed by atoms with E-state index in [2.05, 4.69) is 35.6 Å². The summed E-state index contributed by atoms with van der Waals surface area (Å²) in [7, 11) is 0. The average molecular weight is 340 g/mol. The molecule has 0 bridgehead atoms. The highest BCUT2D eigenvalue weighted by Crippen LogP contribution is 2.27. The van der Waals surface area contributed by atoms with Crippen molar-refractivity contribution in [3.05, 3.63) is 65.7 Å². The molecule has 24 heavy (non-hydrogen) atoms. The summed E-state index contributed by atoms with van der Waals surface area (Å²) in [5.41, 5.74) is 2.09. The van der Waals surface area contributed by atoms with Crippen molar-refractivity contribution < 1.29 is 4.79 Å². The fourth-order valence-corrected chi connectivity index (χ4v) is 4.21. The smallest absolute Gasteiger partial charge is 0.252 e. The Morgan fingerprint density at radius 3 is 2.33 bits per heavy atom. The first-order valence-electron chi connectivity index (χ1n) is 8.89. The molecular formula is C21H25NOS. The molecule has 0 aliphatic heterocycles. The monoisotopic (exact) mass is 339 g/mol. The summed E-state index contributed by atoms with van der Waals surface area (Å²) < 4.78 is 0. The molecule has 1 fully saturated rings. The zero-order valence-electron chi connectivity index (χ0n) is 14.0. The Bertz CT molecular complexity index is 648. The van der Waals surface area contributed by atoms with Crippen molar-refractivity contribution in [1.82, 2.24) is 5.32 Å². The highest BCUT2D eigenvalue weighted by Gasteiger charge is 2.17. The van der Waals surface area contributed by atoms with Crippen LogP contribution in [0.25, 0.3) is 0 Å². The Balaban J connectivity index is 1.65. The molecule has 1 N–H and O–H groups in total. The van der Waals surface area contributed by atoms with Crippen LogP contribution in [-0.2, 0) is 5.75 Å². The molecule has 126 valence electrons. The second-order valence-corrected chi connectivity index (χ2v) is 7.45. The third-order valence-electron chi connectivity index (χ3n) is 4.56. The van der Waals surface area contributed by atoms with E-state index in [4.69, 9.17) is 0 Å². The number of hydrogen-bond donors (Lipinski definition) is 1. The van der Waals surface area contributed by atoms with E-state index in [1.165, 1.54) is 31.2 Å². The van der Waals surface area contributed by atoms with Gasteiger partial charge in [0, 0.05) is 16.7 Å². The minimum absolute atomic E-state index is 0.0815. The molecule has 2 nitrogen and oxygen atoms in total. The van der Waals surface area contributed by atoms with Gasteiger partial charge >= 0.3 is 0 Å². The van der Waals surface area contributed by atoms with E-state index in [-0.39, 0.29) is 5.91 Å². The third-order valence-corrected chi connectivity index (χ3v) is 5.70. The average Bonchev–Trinajstić information content (AvgIpc) is 2.90. The number of hydrogen-bond acceptors (Lipinski definition) is 2. The van der Waals surface area contributed by atoms with E-state index in [0.29, 0.717) is 6.04 Å². The summed E-state index contributed by atoms with van der Waals surface area (Å²) in [6, 6.07) is 18.7. The normalized spacial score (nSPS) is 15.7. The summed E-state index contributed by atoms with van der Waals surface area (Å²) in [4.78, 5) is 13.8. The quantitative estimate of drug-likeness (QED) is 0.581. The van der Waals surface area contributed by atoms with E-state index in [1.54, 1.807) is 11.8 Å². The SMILES string of the molecule is O=C(NC1CCCCCC1)c1ccccc1SCc1ccccc1. The molecular weight excluding hydrogens is 314 g/mol. The molecule has 0 saturated heterocycles. The maximum Gasteiger partial charge on any atom is 0.252 e. The lowest BCUT2D eigenvalue weighted by Gasteiger charge is -2.17. The molecule has 2 aromatic carbocycles. The lowest BCUT2D eigenvalue weighted by atomic mass is 10.1. The number of carbonyl (C=O) groups is 1. The van der Waals surface area contributed by atoms with Gasteiger partial charge in [-0.2, -0.15) is 0 Å². The van der Waals surface area contributed by atoms with Gasteiger partial charge in [-0.05, 0) is 30.5 Å². The molecule has 0 radical (unpaired) electrons. The van der Waals surface area contributed by atoms with Crippen molar-refractivity contribution in [2.45, 2.75) is 55.2 Å². The number of rotatable bonds is 5. The van der Waals surface area contributed by atoms with E-state index >= 15 is 0 Å². The number of nitrogens with one attached hydrogen (secondary N) is 1. The minimum Gasteiger partial charge on any atom is -0.349 e. The topological polar surface area (TPSA) is 29.1 Å². The van der Waals surface area contributed by atoms with Crippen molar-refractivity contribution in [3.8, 4) is 0 Å². The second-order valence-electron chi connectivity index (χ2n) is 6.43. The van der Waals surface area contributed by atoms with E-state index in [0.717, 1.165) is 29.1 Å². The van der Waals surface area contributed by atoms with Gasteiger partial charge < -0.3 is 5.32 Å². The van der Waals surface area contributed by atoms with Gasteiger partial charge in [0.25, 0.3) is 5.91 Å². The Morgan fingerprint density at radius 2 is 1.58 bits per heavy atom. The van der Waals surface area contributed by atoms with Gasteiger partial charge in [-0.25, -0.2) is 0 Å². The summed E-state index contributed by atoms with van der Waals surface area (Å²) in [5, 5.41) is 3.26. The van der Waals surface area contributed by atoms with Crippen LogP contribution in [0.2, 0.25) is 0 Å². The van der Waals surface area contributed by atoms with E-state index < -0.39 is 0 Å². The molecule has 1 amide bonds. The third kappa shape index (κ3) is 4.88. The Labute approximate surface area is 149 Å². The molecule has 2 aromatic rings. The van der Waals surface area contributed by atoms with Gasteiger partial charge in [0.2, 0.25) is 0 Å².